The maximum absolute atomic E-state index is 13.9. The summed E-state index contributed by atoms with van der Waals surface area (Å²) >= 11 is 0. The summed E-state index contributed by atoms with van der Waals surface area (Å²) in [6.07, 6.45) is 1.87. The number of nitrogens with two attached hydrogens (primary N) is 5. The van der Waals surface area contributed by atoms with E-state index in [0.717, 1.165) is 11.1 Å². The lowest BCUT2D eigenvalue weighted by Crippen LogP contribution is -2.58. The second-order valence-electron chi connectivity index (χ2n) is 13.7. The van der Waals surface area contributed by atoms with Crippen LogP contribution in [0.5, 0.6) is 5.75 Å². The molecule has 0 aromatic heterocycles. The van der Waals surface area contributed by atoms with E-state index >= 15 is 0 Å². The minimum absolute atomic E-state index is 0.0628. The normalized spacial score (nSPS) is 13.3. The van der Waals surface area contributed by atoms with Gasteiger partial charge in [-0.2, -0.15) is 0 Å². The topological polar surface area (TPSA) is 399 Å². The van der Waals surface area contributed by atoms with Gasteiger partial charge in [-0.05, 0) is 83.3 Å². The smallest absolute Gasteiger partial charge is 0.243 e. The van der Waals surface area contributed by atoms with Crippen molar-refractivity contribution >= 4 is 47.5 Å². The molecule has 0 fully saturated rings. The van der Waals surface area contributed by atoms with Crippen LogP contribution in [0.15, 0.2) is 18.2 Å². The Balaban J connectivity index is 3.23. The highest BCUT2D eigenvalue weighted by Gasteiger charge is 2.30. The number of hydrogen-bond donors (Lipinski definition) is 17. The molecule has 5 atom stereocenters. The van der Waals surface area contributed by atoms with Crippen LogP contribution in [0.25, 0.3) is 0 Å². The van der Waals surface area contributed by atoms with Gasteiger partial charge < -0.3 is 75.9 Å². The van der Waals surface area contributed by atoms with Gasteiger partial charge >= 0.3 is 0 Å². The predicted molar refractivity (Wildman–Crippen MR) is 219 cm³/mol. The second kappa shape index (κ2) is 26.7. The fraction of sp³-hybridized carbons (Fsp3) is 0.600. The number of benzene rings is 1. The number of ether oxygens (including phenoxy) is 1. The van der Waals surface area contributed by atoms with E-state index in [1.807, 2.05) is 32.0 Å². The number of guanidine groups is 4. The molecule has 22 nitrogen and oxygen atoms in total. The fourth-order valence-corrected chi connectivity index (χ4v) is 5.51. The van der Waals surface area contributed by atoms with Gasteiger partial charge in [-0.1, -0.05) is 18.2 Å². The molecule has 0 aliphatic rings. The van der Waals surface area contributed by atoms with Crippen molar-refractivity contribution in [3.8, 4) is 5.75 Å². The molecule has 4 amide bonds. The van der Waals surface area contributed by atoms with Crippen LogP contribution >= 0.6 is 0 Å². The molecule has 0 saturated carbocycles. The number of carbonyl (C=O) groups excluding carboxylic acids is 4. The number of hydrogen-bond acceptors (Lipinski definition) is 10. The van der Waals surface area contributed by atoms with Crippen molar-refractivity contribution < 1.29 is 23.9 Å². The summed E-state index contributed by atoms with van der Waals surface area (Å²) in [6.45, 7) is 6.77. The zero-order valence-corrected chi connectivity index (χ0v) is 33.2. The highest BCUT2D eigenvalue weighted by atomic mass is 16.5. The molecule has 0 aliphatic heterocycles. The van der Waals surface area contributed by atoms with Crippen molar-refractivity contribution in [2.75, 3.05) is 32.8 Å². The van der Waals surface area contributed by atoms with Gasteiger partial charge in [0.15, 0.2) is 23.8 Å². The van der Waals surface area contributed by atoms with Crippen LogP contribution in [0, 0.1) is 35.5 Å². The molecule has 0 spiro atoms. The summed E-state index contributed by atoms with van der Waals surface area (Å²) in [5.41, 5.74) is 29.5. The zero-order valence-electron chi connectivity index (χ0n) is 33.2. The van der Waals surface area contributed by atoms with E-state index in [9.17, 15) is 19.2 Å². The molecule has 22 heteroatoms. The molecule has 1 rings (SSSR count). The third-order valence-corrected chi connectivity index (χ3v) is 8.47. The number of rotatable bonds is 27. The summed E-state index contributed by atoms with van der Waals surface area (Å²) in [7, 11) is 0. The van der Waals surface area contributed by atoms with Gasteiger partial charge in [-0.25, -0.2) is 0 Å². The van der Waals surface area contributed by atoms with Gasteiger partial charge in [-0.15, -0.1) is 0 Å². The highest BCUT2D eigenvalue weighted by molar-refractivity contribution is 5.94. The minimum Gasteiger partial charge on any atom is -0.491 e. The predicted octanol–water partition coefficient (Wildman–Crippen LogP) is -2.98. The Bertz CT molecular complexity index is 1490. The van der Waals surface area contributed by atoms with Crippen molar-refractivity contribution in [3.63, 3.8) is 0 Å². The molecule has 57 heavy (non-hydrogen) atoms. The van der Waals surface area contributed by atoms with Crippen LogP contribution in [0.4, 0.5) is 0 Å². The maximum atomic E-state index is 13.9. The summed E-state index contributed by atoms with van der Waals surface area (Å²) in [4.78, 5) is 54.5. The summed E-state index contributed by atoms with van der Waals surface area (Å²) < 4.78 is 6.01. The third kappa shape index (κ3) is 21.6. The van der Waals surface area contributed by atoms with Crippen molar-refractivity contribution in [1.82, 2.24) is 42.5 Å². The summed E-state index contributed by atoms with van der Waals surface area (Å²) in [5, 5.41) is 51.2. The second-order valence-corrected chi connectivity index (χ2v) is 13.7. The Kier molecular flexibility index (Phi) is 22.9. The average molecular weight is 804 g/mol. The molecule has 0 radical (unpaired) electrons. The van der Waals surface area contributed by atoms with Crippen molar-refractivity contribution in [3.05, 3.63) is 29.3 Å². The van der Waals surface area contributed by atoms with E-state index in [2.05, 4.69) is 42.5 Å². The van der Waals surface area contributed by atoms with Crippen LogP contribution in [-0.4, -0.2) is 110 Å². The van der Waals surface area contributed by atoms with Crippen LogP contribution in [-0.2, 0) is 19.2 Å². The summed E-state index contributed by atoms with van der Waals surface area (Å²) in [5.74, 6) is -2.78. The van der Waals surface area contributed by atoms with E-state index in [1.54, 1.807) is 6.92 Å². The molecule has 1 aromatic rings. The van der Waals surface area contributed by atoms with Gasteiger partial charge in [-0.3, -0.25) is 40.8 Å². The number of para-hydroxylation sites is 1. The molecule has 0 saturated heterocycles. The van der Waals surface area contributed by atoms with Crippen molar-refractivity contribution in [1.29, 1.82) is 21.6 Å². The van der Waals surface area contributed by atoms with Gasteiger partial charge in [0.1, 0.15) is 30.5 Å². The average Bonchev–Trinajstić information content (AvgIpc) is 3.12. The number of carbonyl (C=O) groups is 4. The Labute approximate surface area is 334 Å². The van der Waals surface area contributed by atoms with Crippen molar-refractivity contribution in [2.45, 2.75) is 102 Å². The maximum Gasteiger partial charge on any atom is 0.243 e. The third-order valence-electron chi connectivity index (χ3n) is 8.47. The number of amides is 4. The van der Waals surface area contributed by atoms with Crippen LogP contribution in [0.2, 0.25) is 0 Å². The Morgan fingerprint density at radius 2 is 0.912 bits per heavy atom. The quantitative estimate of drug-likeness (QED) is 0.0240. The van der Waals surface area contributed by atoms with E-state index in [-0.39, 0.29) is 82.2 Å². The number of nitrogens with one attached hydrogen (secondary N) is 12. The number of aryl methyl sites for hydroxylation is 2. The molecule has 1 aromatic carbocycles. The first-order chi connectivity index (χ1) is 26.9. The lowest BCUT2D eigenvalue weighted by Gasteiger charge is -2.27. The van der Waals surface area contributed by atoms with E-state index < -0.39 is 53.8 Å². The standard InChI is InChI=1S/C35H65N17O5/c1-20-9-4-10-21(2)27(20)57-19-22(3)49-29(54)24(12-6-16-46-33(39)40)51-31(56)26(14-8-18-48-35(43)44)52-30(55)25(13-7-17-47-34(41)42)50-28(53)23(36)11-5-15-45-32(37)38/h4,9-10,22-26H,5-8,11-19,36H2,1-3H3,(H,49,54)(H,50,53)(H,51,56)(H,52,55)(H4,37,38,45)(H4,39,40,46)(H4,41,42,47)(H4,43,44,48)/t22?,23-,24-,25-,26-/m0/s1. The summed E-state index contributed by atoms with van der Waals surface area (Å²) in [6, 6.07) is 0.916. The Hall–Kier alpha value is -6.06. The lowest BCUT2D eigenvalue weighted by atomic mass is 10.0. The first-order valence-electron chi connectivity index (χ1n) is 18.9. The van der Waals surface area contributed by atoms with Crippen LogP contribution in [0.3, 0.4) is 0 Å². The van der Waals surface area contributed by atoms with E-state index in [0.29, 0.717) is 31.6 Å². The van der Waals surface area contributed by atoms with Gasteiger partial charge in [0.05, 0.1) is 12.1 Å². The Morgan fingerprint density at radius 3 is 1.28 bits per heavy atom. The zero-order chi connectivity index (χ0) is 42.9. The minimum atomic E-state index is -1.19. The molecule has 1 unspecified atom stereocenters. The molecule has 22 N–H and O–H groups in total. The first-order valence-corrected chi connectivity index (χ1v) is 18.9. The Morgan fingerprint density at radius 1 is 0.579 bits per heavy atom. The highest BCUT2D eigenvalue weighted by Crippen LogP contribution is 2.22. The van der Waals surface area contributed by atoms with Crippen molar-refractivity contribution in [2.24, 2.45) is 28.7 Å². The molecule has 320 valence electrons. The monoisotopic (exact) mass is 804 g/mol. The molecular formula is C35H65N17O5. The van der Waals surface area contributed by atoms with Gasteiger partial charge in [0.2, 0.25) is 23.6 Å². The van der Waals surface area contributed by atoms with Gasteiger partial charge in [0, 0.05) is 26.2 Å². The van der Waals surface area contributed by atoms with Crippen LogP contribution < -0.4 is 75.9 Å². The lowest BCUT2D eigenvalue weighted by molar-refractivity contribution is -0.134. The fourth-order valence-electron chi connectivity index (χ4n) is 5.51. The van der Waals surface area contributed by atoms with Crippen LogP contribution in [0.1, 0.15) is 69.4 Å². The SMILES string of the molecule is Cc1cccc(C)c1OCC(C)NC(=O)[C@H](CCCNC(=N)N)NC(=O)[C@H](CCCNC(=N)N)NC(=O)[C@H](CCCNC(=N)N)NC(=O)[C@@H](N)CCCNC(=N)N. The van der Waals surface area contributed by atoms with E-state index in [1.165, 1.54) is 0 Å². The largest absolute Gasteiger partial charge is 0.491 e. The molecular weight excluding hydrogens is 738 g/mol. The van der Waals surface area contributed by atoms with E-state index in [4.69, 9.17) is 55.0 Å². The van der Waals surface area contributed by atoms with Gasteiger partial charge in [0.25, 0.3) is 0 Å². The molecule has 0 bridgehead atoms. The molecule has 0 heterocycles. The molecule has 0 aliphatic carbocycles. The first kappa shape index (κ1) is 49.0.